The largest absolute Gasteiger partial charge is 0.352 e. The molecule has 24 heavy (non-hydrogen) atoms. The summed E-state index contributed by atoms with van der Waals surface area (Å²) in [5.41, 5.74) is 0.844. The average Bonchev–Trinajstić information content (AvgIpc) is 2.55. The molecule has 0 radical (unpaired) electrons. The number of benzene rings is 1. The summed E-state index contributed by atoms with van der Waals surface area (Å²) < 4.78 is 0. The highest BCUT2D eigenvalue weighted by atomic mass is 35.5. The second-order valence-corrected chi connectivity index (χ2v) is 6.83. The van der Waals surface area contributed by atoms with Crippen molar-refractivity contribution in [2.45, 2.75) is 65.6 Å². The van der Waals surface area contributed by atoms with Crippen molar-refractivity contribution in [1.29, 1.82) is 0 Å². The number of halogens is 2. The van der Waals surface area contributed by atoms with Crippen LogP contribution in [0.25, 0.3) is 0 Å². The molecule has 0 aromatic heterocycles. The third kappa shape index (κ3) is 5.99. The van der Waals surface area contributed by atoms with E-state index in [0.29, 0.717) is 23.0 Å². The lowest BCUT2D eigenvalue weighted by Gasteiger charge is -2.29. The molecule has 1 rings (SSSR count). The smallest absolute Gasteiger partial charge is 0.242 e. The van der Waals surface area contributed by atoms with Crippen molar-refractivity contribution in [3.63, 3.8) is 0 Å². The van der Waals surface area contributed by atoms with Gasteiger partial charge in [-0.3, -0.25) is 9.59 Å². The first-order valence-corrected chi connectivity index (χ1v) is 9.09. The Kier molecular flexibility index (Phi) is 8.57. The van der Waals surface area contributed by atoms with E-state index in [-0.39, 0.29) is 17.9 Å². The Balaban J connectivity index is 2.96. The van der Waals surface area contributed by atoms with E-state index in [9.17, 15) is 9.59 Å². The van der Waals surface area contributed by atoms with E-state index in [2.05, 4.69) is 5.32 Å². The van der Waals surface area contributed by atoms with Crippen LogP contribution in [0.5, 0.6) is 0 Å². The van der Waals surface area contributed by atoms with Crippen molar-refractivity contribution in [3.05, 3.63) is 33.8 Å². The minimum absolute atomic E-state index is 0.0460. The van der Waals surface area contributed by atoms with Gasteiger partial charge in [-0.1, -0.05) is 43.1 Å². The van der Waals surface area contributed by atoms with Crippen LogP contribution in [0.3, 0.4) is 0 Å². The first-order valence-electron chi connectivity index (χ1n) is 8.33. The van der Waals surface area contributed by atoms with Crippen LogP contribution >= 0.6 is 23.2 Å². The number of hydrogen-bond acceptors (Lipinski definition) is 2. The monoisotopic (exact) mass is 372 g/mol. The van der Waals surface area contributed by atoms with Gasteiger partial charge in [0, 0.05) is 19.0 Å². The van der Waals surface area contributed by atoms with E-state index >= 15 is 0 Å². The van der Waals surface area contributed by atoms with Gasteiger partial charge in [0.05, 0.1) is 10.0 Å². The molecule has 1 aromatic rings. The molecule has 0 aliphatic heterocycles. The molecule has 0 spiro atoms. The van der Waals surface area contributed by atoms with Crippen LogP contribution in [0.15, 0.2) is 18.2 Å². The highest BCUT2D eigenvalue weighted by molar-refractivity contribution is 6.42. The van der Waals surface area contributed by atoms with Crippen LogP contribution in [-0.2, 0) is 16.1 Å². The maximum Gasteiger partial charge on any atom is 0.242 e. The van der Waals surface area contributed by atoms with Crippen LogP contribution in [0.1, 0.15) is 52.5 Å². The van der Waals surface area contributed by atoms with Crippen molar-refractivity contribution in [1.82, 2.24) is 10.2 Å². The first-order chi connectivity index (χ1) is 11.3. The molecule has 0 bridgehead atoms. The highest BCUT2D eigenvalue weighted by Crippen LogP contribution is 2.24. The predicted octanol–water partition coefficient (Wildman–Crippen LogP) is 4.43. The fourth-order valence-electron chi connectivity index (χ4n) is 2.24. The number of nitrogens with zero attached hydrogens (tertiary/aromatic N) is 1. The SMILES string of the molecule is CCCC(=O)N(Cc1ccc(Cl)c(Cl)c1)[C@@H](C)C(=O)N[C@H](C)CC. The van der Waals surface area contributed by atoms with E-state index in [1.165, 1.54) is 0 Å². The second kappa shape index (κ2) is 9.90. The molecule has 134 valence electrons. The molecule has 1 aromatic carbocycles. The third-order valence-electron chi connectivity index (χ3n) is 3.97. The topological polar surface area (TPSA) is 49.4 Å². The van der Waals surface area contributed by atoms with Gasteiger partial charge in [-0.15, -0.1) is 0 Å². The molecule has 0 aliphatic rings. The minimum atomic E-state index is -0.549. The molecule has 2 atom stereocenters. The molecule has 4 nitrogen and oxygen atoms in total. The van der Waals surface area contributed by atoms with Gasteiger partial charge in [-0.25, -0.2) is 0 Å². The van der Waals surface area contributed by atoms with E-state index in [0.717, 1.165) is 18.4 Å². The Morgan fingerprint density at radius 2 is 1.83 bits per heavy atom. The number of carbonyl (C=O) groups is 2. The lowest BCUT2D eigenvalue weighted by atomic mass is 10.1. The maximum absolute atomic E-state index is 12.5. The fourth-order valence-corrected chi connectivity index (χ4v) is 2.56. The van der Waals surface area contributed by atoms with Crippen molar-refractivity contribution in [3.8, 4) is 0 Å². The van der Waals surface area contributed by atoms with E-state index in [1.807, 2.05) is 26.8 Å². The summed E-state index contributed by atoms with van der Waals surface area (Å²) in [6.45, 7) is 7.97. The average molecular weight is 373 g/mol. The molecular formula is C18H26Cl2N2O2. The highest BCUT2D eigenvalue weighted by Gasteiger charge is 2.26. The van der Waals surface area contributed by atoms with Crippen molar-refractivity contribution in [2.75, 3.05) is 0 Å². The zero-order valence-electron chi connectivity index (χ0n) is 14.7. The number of nitrogens with one attached hydrogen (secondary N) is 1. The molecule has 6 heteroatoms. The van der Waals surface area contributed by atoms with Crippen LogP contribution < -0.4 is 5.32 Å². The fraction of sp³-hybridized carbons (Fsp3) is 0.556. The lowest BCUT2D eigenvalue weighted by molar-refractivity contribution is -0.140. The Morgan fingerprint density at radius 1 is 1.17 bits per heavy atom. The molecule has 0 fully saturated rings. The molecule has 0 aliphatic carbocycles. The molecule has 0 unspecified atom stereocenters. The van der Waals surface area contributed by atoms with Gasteiger partial charge in [0.15, 0.2) is 0 Å². The summed E-state index contributed by atoms with van der Waals surface area (Å²) in [6, 6.07) is 4.78. The van der Waals surface area contributed by atoms with Crippen LogP contribution in [0, 0.1) is 0 Å². The Hall–Kier alpha value is -1.26. The number of hydrogen-bond donors (Lipinski definition) is 1. The van der Waals surface area contributed by atoms with Gasteiger partial charge < -0.3 is 10.2 Å². The summed E-state index contributed by atoms with van der Waals surface area (Å²) >= 11 is 12.0. The second-order valence-electron chi connectivity index (χ2n) is 6.01. The Bertz CT molecular complexity index is 578. The summed E-state index contributed by atoms with van der Waals surface area (Å²) in [6.07, 6.45) is 1.98. The van der Waals surface area contributed by atoms with Crippen molar-refractivity contribution >= 4 is 35.0 Å². The van der Waals surface area contributed by atoms with Gasteiger partial charge >= 0.3 is 0 Å². The van der Waals surface area contributed by atoms with Crippen LogP contribution in [0.4, 0.5) is 0 Å². The zero-order valence-corrected chi connectivity index (χ0v) is 16.2. The number of carbonyl (C=O) groups excluding carboxylic acids is 2. The molecule has 0 heterocycles. The van der Waals surface area contributed by atoms with Crippen LogP contribution in [-0.4, -0.2) is 28.8 Å². The van der Waals surface area contributed by atoms with E-state index in [4.69, 9.17) is 23.2 Å². The van der Waals surface area contributed by atoms with Gasteiger partial charge in [0.2, 0.25) is 11.8 Å². The summed E-state index contributed by atoms with van der Waals surface area (Å²) in [5.74, 6) is -0.191. The molecule has 2 amide bonds. The molecule has 0 saturated carbocycles. The predicted molar refractivity (Wildman–Crippen MR) is 99.3 cm³/mol. The molecular weight excluding hydrogens is 347 g/mol. The Labute approximate surface area is 154 Å². The van der Waals surface area contributed by atoms with Gasteiger partial charge in [-0.2, -0.15) is 0 Å². The van der Waals surface area contributed by atoms with E-state index < -0.39 is 6.04 Å². The van der Waals surface area contributed by atoms with Crippen molar-refractivity contribution < 1.29 is 9.59 Å². The van der Waals surface area contributed by atoms with Crippen molar-refractivity contribution in [2.24, 2.45) is 0 Å². The number of rotatable bonds is 8. The quantitative estimate of drug-likeness (QED) is 0.733. The lowest BCUT2D eigenvalue weighted by Crippen LogP contribution is -2.49. The minimum Gasteiger partial charge on any atom is -0.352 e. The summed E-state index contributed by atoms with van der Waals surface area (Å²) in [4.78, 5) is 26.5. The van der Waals surface area contributed by atoms with Gasteiger partial charge in [0.25, 0.3) is 0 Å². The summed E-state index contributed by atoms with van der Waals surface area (Å²) in [5, 5.41) is 3.84. The standard InChI is InChI=1S/C18H26Cl2N2O2/c1-5-7-17(23)22(13(4)18(24)21-12(3)6-2)11-14-8-9-15(19)16(20)10-14/h8-10,12-13H,5-7,11H2,1-4H3,(H,21,24)/t12-,13+/m1/s1. The van der Waals surface area contributed by atoms with Crippen LogP contribution in [0.2, 0.25) is 10.0 Å². The van der Waals surface area contributed by atoms with E-state index in [1.54, 1.807) is 24.0 Å². The summed E-state index contributed by atoms with van der Waals surface area (Å²) in [7, 11) is 0. The first kappa shape index (κ1) is 20.8. The Morgan fingerprint density at radius 3 is 2.38 bits per heavy atom. The molecule has 0 saturated heterocycles. The number of amides is 2. The third-order valence-corrected chi connectivity index (χ3v) is 4.71. The van der Waals surface area contributed by atoms with Gasteiger partial charge in [0.1, 0.15) is 6.04 Å². The normalized spacial score (nSPS) is 13.2. The molecule has 1 N–H and O–H groups in total. The maximum atomic E-state index is 12.5. The zero-order chi connectivity index (χ0) is 18.3. The van der Waals surface area contributed by atoms with Gasteiger partial charge in [-0.05, 0) is 44.4 Å².